The van der Waals surface area contributed by atoms with Gasteiger partial charge in [-0.15, -0.1) is 0 Å². The number of pyridine rings is 1. The highest BCUT2D eigenvalue weighted by Gasteiger charge is 2.14. The van der Waals surface area contributed by atoms with Gasteiger partial charge in [0.1, 0.15) is 0 Å². The fraction of sp³-hybridized carbons (Fsp3) is 0.600. The number of carbonyl (C=O) groups excluding carboxylic acids is 1. The van der Waals surface area contributed by atoms with E-state index in [0.717, 1.165) is 44.6 Å². The molecule has 1 fully saturated rings. The minimum Gasteiger partial charge on any atom is -0.381 e. The third-order valence-corrected chi connectivity index (χ3v) is 3.50. The highest BCUT2D eigenvalue weighted by molar-refractivity contribution is 5.76. The second-order valence-electron chi connectivity index (χ2n) is 5.08. The van der Waals surface area contributed by atoms with Gasteiger partial charge in [-0.25, -0.2) is 0 Å². The minimum atomic E-state index is 0.131. The van der Waals surface area contributed by atoms with Crippen LogP contribution in [0.2, 0.25) is 0 Å². The number of aromatic nitrogens is 1. The predicted octanol–water partition coefficient (Wildman–Crippen LogP) is 1.95. The molecular weight excluding hydrogens is 240 g/mol. The van der Waals surface area contributed by atoms with E-state index < -0.39 is 0 Å². The summed E-state index contributed by atoms with van der Waals surface area (Å²) in [5.41, 5.74) is 1.11. The van der Waals surface area contributed by atoms with Gasteiger partial charge in [0.25, 0.3) is 0 Å². The van der Waals surface area contributed by atoms with Crippen LogP contribution in [-0.4, -0.2) is 30.6 Å². The van der Waals surface area contributed by atoms with Crippen molar-refractivity contribution in [3.05, 3.63) is 30.1 Å². The molecule has 1 aromatic heterocycles. The summed E-state index contributed by atoms with van der Waals surface area (Å²) in [7, 11) is 0. The monoisotopic (exact) mass is 262 g/mol. The Morgan fingerprint density at radius 3 is 3.21 bits per heavy atom. The Morgan fingerprint density at radius 1 is 1.53 bits per heavy atom. The second kappa shape index (κ2) is 7.89. The fourth-order valence-electron chi connectivity index (χ4n) is 2.32. The molecule has 1 aliphatic rings. The zero-order chi connectivity index (χ0) is 13.3. The molecule has 0 aromatic carbocycles. The molecule has 1 N–H and O–H groups in total. The van der Waals surface area contributed by atoms with Crippen LogP contribution in [0, 0.1) is 5.92 Å². The van der Waals surface area contributed by atoms with E-state index in [-0.39, 0.29) is 5.91 Å². The summed E-state index contributed by atoms with van der Waals surface area (Å²) in [4.78, 5) is 15.7. The Kier molecular flexibility index (Phi) is 5.82. The number of nitrogens with one attached hydrogen (secondary N) is 1. The first-order chi connectivity index (χ1) is 9.34. The molecule has 1 amide bonds. The third-order valence-electron chi connectivity index (χ3n) is 3.50. The Hall–Kier alpha value is -1.42. The molecule has 1 atom stereocenters. The van der Waals surface area contributed by atoms with Crippen LogP contribution in [0.15, 0.2) is 24.5 Å². The number of rotatable bonds is 7. The molecule has 4 nitrogen and oxygen atoms in total. The number of aryl methyl sites for hydroxylation is 1. The van der Waals surface area contributed by atoms with Gasteiger partial charge in [0.15, 0.2) is 0 Å². The average Bonchev–Trinajstić information content (AvgIpc) is 2.96. The smallest absolute Gasteiger partial charge is 0.220 e. The van der Waals surface area contributed by atoms with Crippen LogP contribution in [0.1, 0.15) is 31.2 Å². The predicted molar refractivity (Wildman–Crippen MR) is 73.7 cm³/mol. The van der Waals surface area contributed by atoms with E-state index in [9.17, 15) is 4.79 Å². The van der Waals surface area contributed by atoms with Crippen molar-refractivity contribution in [2.24, 2.45) is 5.92 Å². The largest absolute Gasteiger partial charge is 0.381 e. The molecule has 0 radical (unpaired) electrons. The molecule has 2 rings (SSSR count). The average molecular weight is 262 g/mol. The Labute approximate surface area is 114 Å². The van der Waals surface area contributed by atoms with Crippen LogP contribution < -0.4 is 5.32 Å². The molecule has 1 saturated heterocycles. The molecule has 19 heavy (non-hydrogen) atoms. The summed E-state index contributed by atoms with van der Waals surface area (Å²) < 4.78 is 5.33. The zero-order valence-electron chi connectivity index (χ0n) is 11.3. The second-order valence-corrected chi connectivity index (χ2v) is 5.08. The third kappa shape index (κ3) is 5.39. The number of carbonyl (C=O) groups is 1. The van der Waals surface area contributed by atoms with E-state index in [1.165, 1.54) is 6.42 Å². The number of hydrogen-bond donors (Lipinski definition) is 1. The van der Waals surface area contributed by atoms with E-state index in [1.807, 2.05) is 18.3 Å². The van der Waals surface area contributed by atoms with Gasteiger partial charge in [0.05, 0.1) is 0 Å². The first-order valence-electron chi connectivity index (χ1n) is 7.08. The summed E-state index contributed by atoms with van der Waals surface area (Å²) >= 11 is 0. The van der Waals surface area contributed by atoms with E-state index in [4.69, 9.17) is 4.74 Å². The first kappa shape index (κ1) is 14.0. The topological polar surface area (TPSA) is 51.2 Å². The van der Waals surface area contributed by atoms with Crippen LogP contribution >= 0.6 is 0 Å². The molecular formula is C15H22N2O2. The number of ether oxygens (including phenoxy) is 1. The molecule has 0 saturated carbocycles. The number of amides is 1. The summed E-state index contributed by atoms with van der Waals surface area (Å²) in [6, 6.07) is 3.90. The van der Waals surface area contributed by atoms with Crippen molar-refractivity contribution < 1.29 is 9.53 Å². The van der Waals surface area contributed by atoms with E-state index in [2.05, 4.69) is 10.3 Å². The lowest BCUT2D eigenvalue weighted by Gasteiger charge is -2.08. The number of nitrogens with zero attached hydrogens (tertiary/aromatic N) is 1. The maximum absolute atomic E-state index is 11.7. The Morgan fingerprint density at radius 2 is 2.47 bits per heavy atom. The van der Waals surface area contributed by atoms with Crippen LogP contribution in [0.4, 0.5) is 0 Å². The summed E-state index contributed by atoms with van der Waals surface area (Å²) in [6.07, 6.45) is 8.24. The zero-order valence-corrected chi connectivity index (χ0v) is 11.3. The molecule has 2 heterocycles. The van der Waals surface area contributed by atoms with Crippen molar-refractivity contribution in [3.63, 3.8) is 0 Å². The Balaban J connectivity index is 1.52. The normalized spacial score (nSPS) is 18.4. The van der Waals surface area contributed by atoms with Gasteiger partial charge in [-0.1, -0.05) is 6.07 Å². The lowest BCUT2D eigenvalue weighted by Crippen LogP contribution is -2.25. The summed E-state index contributed by atoms with van der Waals surface area (Å²) in [5, 5.41) is 2.98. The lowest BCUT2D eigenvalue weighted by molar-refractivity contribution is -0.121. The molecule has 0 aliphatic carbocycles. The van der Waals surface area contributed by atoms with Gasteiger partial charge >= 0.3 is 0 Å². The van der Waals surface area contributed by atoms with Crippen molar-refractivity contribution in [2.45, 2.75) is 32.1 Å². The molecule has 4 heteroatoms. The molecule has 104 valence electrons. The van der Waals surface area contributed by atoms with Crippen LogP contribution in [0.3, 0.4) is 0 Å². The van der Waals surface area contributed by atoms with Crippen molar-refractivity contribution >= 4 is 5.91 Å². The van der Waals surface area contributed by atoms with E-state index in [1.54, 1.807) is 6.20 Å². The molecule has 1 aliphatic heterocycles. The quantitative estimate of drug-likeness (QED) is 0.764. The van der Waals surface area contributed by atoms with Gasteiger partial charge in [0.2, 0.25) is 5.91 Å². The molecule has 0 spiro atoms. The first-order valence-corrected chi connectivity index (χ1v) is 7.08. The van der Waals surface area contributed by atoms with Crippen LogP contribution in [0.5, 0.6) is 0 Å². The summed E-state index contributed by atoms with van der Waals surface area (Å²) in [6.45, 7) is 2.58. The van der Waals surface area contributed by atoms with Gasteiger partial charge < -0.3 is 10.1 Å². The van der Waals surface area contributed by atoms with E-state index in [0.29, 0.717) is 12.3 Å². The number of hydrogen-bond acceptors (Lipinski definition) is 3. The van der Waals surface area contributed by atoms with Crippen molar-refractivity contribution in [2.75, 3.05) is 19.8 Å². The summed E-state index contributed by atoms with van der Waals surface area (Å²) in [5.74, 6) is 0.832. The van der Waals surface area contributed by atoms with Crippen molar-refractivity contribution in [3.8, 4) is 0 Å². The highest BCUT2D eigenvalue weighted by atomic mass is 16.5. The van der Waals surface area contributed by atoms with Gasteiger partial charge in [-0.3, -0.25) is 9.78 Å². The van der Waals surface area contributed by atoms with Crippen molar-refractivity contribution in [1.82, 2.24) is 10.3 Å². The fourth-order valence-corrected chi connectivity index (χ4v) is 2.32. The molecule has 1 aromatic rings. The van der Waals surface area contributed by atoms with Crippen LogP contribution in [-0.2, 0) is 16.0 Å². The van der Waals surface area contributed by atoms with Crippen LogP contribution in [0.25, 0.3) is 0 Å². The lowest BCUT2D eigenvalue weighted by atomic mass is 10.0. The van der Waals surface area contributed by atoms with Crippen molar-refractivity contribution in [1.29, 1.82) is 0 Å². The van der Waals surface area contributed by atoms with Gasteiger partial charge in [-0.05, 0) is 43.2 Å². The molecule has 0 bridgehead atoms. The van der Waals surface area contributed by atoms with Gasteiger partial charge in [0, 0.05) is 38.6 Å². The SMILES string of the molecule is O=C(CCc1cccnc1)NCCC[C@@H]1CCOC1. The standard InChI is InChI=1S/C15H22N2O2/c18-15(6-5-13-3-1-8-16-11-13)17-9-2-4-14-7-10-19-12-14/h1,3,8,11,14H,2,4-7,9-10,12H2,(H,17,18)/t14-/m1/s1. The van der Waals surface area contributed by atoms with Gasteiger partial charge in [-0.2, -0.15) is 0 Å². The highest BCUT2D eigenvalue weighted by Crippen LogP contribution is 2.17. The van der Waals surface area contributed by atoms with E-state index >= 15 is 0 Å². The minimum absolute atomic E-state index is 0.131. The maximum Gasteiger partial charge on any atom is 0.220 e. The Bertz CT molecular complexity index is 375. The molecule has 0 unspecified atom stereocenters. The maximum atomic E-state index is 11.7.